The molecule has 8 heteroatoms. The summed E-state index contributed by atoms with van der Waals surface area (Å²) in [6.45, 7) is 2.89. The van der Waals surface area contributed by atoms with Gasteiger partial charge >= 0.3 is 0 Å². The average Bonchev–Trinajstić information content (AvgIpc) is 2.69. The molecule has 0 aromatic carbocycles. The van der Waals surface area contributed by atoms with Gasteiger partial charge in [-0.15, -0.1) is 0 Å². The van der Waals surface area contributed by atoms with Crippen LogP contribution in [0.5, 0.6) is 0 Å². The summed E-state index contributed by atoms with van der Waals surface area (Å²) >= 11 is 1.78. The number of aromatic nitrogens is 2. The zero-order valence-electron chi connectivity index (χ0n) is 15.2. The number of alkyl halides is 1. The lowest BCUT2D eigenvalue weighted by Gasteiger charge is -2.21. The number of rotatable bonds is 4. The molecule has 2 fully saturated rings. The Kier molecular flexibility index (Phi) is 6.04. The number of aromatic amines is 1. The van der Waals surface area contributed by atoms with Gasteiger partial charge in [0.05, 0.1) is 28.1 Å². The number of fused-ring (bicyclic) bond motifs is 1. The van der Waals surface area contributed by atoms with Crippen LogP contribution in [0.25, 0.3) is 12.2 Å². The Labute approximate surface area is 161 Å². The number of ether oxygens (including phenoxy) is 2. The third-order valence-electron chi connectivity index (χ3n) is 5.06. The quantitative estimate of drug-likeness (QED) is 0.816. The number of aliphatic imine (C=N–C) groups is 1. The fourth-order valence-corrected chi connectivity index (χ4v) is 4.57. The van der Waals surface area contributed by atoms with E-state index < -0.39 is 6.17 Å². The van der Waals surface area contributed by atoms with E-state index in [2.05, 4.69) is 15.0 Å². The van der Waals surface area contributed by atoms with E-state index in [1.807, 2.05) is 0 Å². The Morgan fingerprint density at radius 2 is 1.89 bits per heavy atom. The molecule has 1 aromatic rings. The topological polar surface area (TPSA) is 76.6 Å². The van der Waals surface area contributed by atoms with Gasteiger partial charge in [-0.2, -0.15) is 11.8 Å². The highest BCUT2D eigenvalue weighted by molar-refractivity contribution is 7.99. The second kappa shape index (κ2) is 8.67. The summed E-state index contributed by atoms with van der Waals surface area (Å²) in [5.41, 5.74) is 0.0714. The molecular formula is C19H24FN3O3S. The predicted octanol–water partition coefficient (Wildman–Crippen LogP) is 0.715. The van der Waals surface area contributed by atoms with Gasteiger partial charge in [0.2, 0.25) is 0 Å². The molecule has 1 atom stereocenters. The minimum Gasteiger partial charge on any atom is -0.381 e. The minimum absolute atomic E-state index is 0.0729. The van der Waals surface area contributed by atoms with E-state index in [1.54, 1.807) is 17.8 Å². The zero-order valence-corrected chi connectivity index (χ0v) is 16.0. The largest absolute Gasteiger partial charge is 0.381 e. The van der Waals surface area contributed by atoms with E-state index in [9.17, 15) is 9.18 Å². The highest BCUT2D eigenvalue weighted by Gasteiger charge is 2.20. The van der Waals surface area contributed by atoms with Gasteiger partial charge in [-0.25, -0.2) is 9.37 Å². The van der Waals surface area contributed by atoms with Crippen molar-refractivity contribution in [1.29, 1.82) is 0 Å². The Morgan fingerprint density at radius 3 is 2.63 bits per heavy atom. The number of hydrogen-bond acceptors (Lipinski definition) is 6. The lowest BCUT2D eigenvalue weighted by Crippen LogP contribution is -2.48. The molecule has 3 aliphatic rings. The van der Waals surface area contributed by atoms with Crippen molar-refractivity contribution in [3.63, 3.8) is 0 Å². The summed E-state index contributed by atoms with van der Waals surface area (Å²) in [5, 5.41) is 1.34. The summed E-state index contributed by atoms with van der Waals surface area (Å²) in [4.78, 5) is 24.3. The zero-order chi connectivity index (χ0) is 18.6. The molecule has 0 saturated carbocycles. The van der Waals surface area contributed by atoms with Gasteiger partial charge in [0.25, 0.3) is 5.56 Å². The van der Waals surface area contributed by atoms with Crippen LogP contribution in [0.1, 0.15) is 31.5 Å². The van der Waals surface area contributed by atoms with Gasteiger partial charge in [-0.05, 0) is 37.8 Å². The first-order valence-corrected chi connectivity index (χ1v) is 10.6. The van der Waals surface area contributed by atoms with Crippen LogP contribution in [0.2, 0.25) is 0 Å². The van der Waals surface area contributed by atoms with Crippen LogP contribution in [0.3, 0.4) is 0 Å². The molecule has 1 unspecified atom stereocenters. The molecule has 2 aliphatic heterocycles. The number of nitrogens with one attached hydrogen (secondary N) is 1. The van der Waals surface area contributed by atoms with Gasteiger partial charge in [-0.3, -0.25) is 9.79 Å². The second-order valence-electron chi connectivity index (χ2n) is 7.04. The summed E-state index contributed by atoms with van der Waals surface area (Å²) in [6.07, 6.45) is 5.23. The van der Waals surface area contributed by atoms with Crippen molar-refractivity contribution in [2.75, 3.05) is 26.4 Å². The van der Waals surface area contributed by atoms with Crippen molar-refractivity contribution in [2.45, 2.75) is 48.9 Å². The molecule has 1 aliphatic carbocycles. The van der Waals surface area contributed by atoms with E-state index in [1.165, 1.54) is 6.08 Å². The lowest BCUT2D eigenvalue weighted by atomic mass is 10.1. The number of H-pyrrole nitrogens is 1. The fourth-order valence-electron chi connectivity index (χ4n) is 3.51. The van der Waals surface area contributed by atoms with Gasteiger partial charge in [-0.1, -0.05) is 0 Å². The first-order valence-electron chi connectivity index (χ1n) is 9.51. The van der Waals surface area contributed by atoms with Gasteiger partial charge in [0.15, 0.2) is 6.17 Å². The van der Waals surface area contributed by atoms with E-state index in [4.69, 9.17) is 9.47 Å². The third kappa shape index (κ3) is 4.67. The molecule has 1 N–H and O–H groups in total. The SMILES string of the molecule is O=c1[nH]c(CSC2CCOCC2)nc2c1=CC(F)C(=NC1CCOCC1)C=2. The third-order valence-corrected chi connectivity index (χ3v) is 6.44. The van der Waals surface area contributed by atoms with Gasteiger partial charge < -0.3 is 14.5 Å². The first kappa shape index (κ1) is 18.8. The maximum Gasteiger partial charge on any atom is 0.258 e. The maximum absolute atomic E-state index is 14.5. The summed E-state index contributed by atoms with van der Waals surface area (Å²) in [5.74, 6) is 1.26. The number of nitrogens with zero attached hydrogens (tertiary/aromatic N) is 2. The molecule has 0 spiro atoms. The molecule has 0 radical (unpaired) electrons. The van der Waals surface area contributed by atoms with Crippen LogP contribution in [0.4, 0.5) is 4.39 Å². The standard InChI is InChI=1S/C19H24FN3O3S/c20-15-9-14-16(10-17(15)21-12-1-5-25-6-2-12)22-18(23-19(14)24)11-27-13-3-7-26-8-4-13/h9-10,12-13,15H,1-8,11H2,(H,22,23,24). The normalized spacial score (nSPS) is 25.7. The minimum atomic E-state index is -1.37. The molecule has 6 nitrogen and oxygen atoms in total. The highest BCUT2D eigenvalue weighted by Crippen LogP contribution is 2.24. The van der Waals surface area contributed by atoms with Crippen molar-refractivity contribution in [1.82, 2.24) is 9.97 Å². The molecule has 27 heavy (non-hydrogen) atoms. The summed E-state index contributed by atoms with van der Waals surface area (Å²) in [6, 6.07) is 0.0729. The summed E-state index contributed by atoms with van der Waals surface area (Å²) in [7, 11) is 0. The fraction of sp³-hybridized carbons (Fsp3) is 0.632. The van der Waals surface area contributed by atoms with Crippen LogP contribution in [0.15, 0.2) is 9.79 Å². The molecule has 2 saturated heterocycles. The van der Waals surface area contributed by atoms with Crippen molar-refractivity contribution in [2.24, 2.45) is 4.99 Å². The van der Waals surface area contributed by atoms with Crippen LogP contribution < -0.4 is 16.1 Å². The smallest absolute Gasteiger partial charge is 0.258 e. The number of halogens is 1. The van der Waals surface area contributed by atoms with E-state index in [0.29, 0.717) is 46.3 Å². The average molecular weight is 393 g/mol. The Hall–Kier alpha value is -1.51. The first-order chi connectivity index (χ1) is 13.2. The van der Waals surface area contributed by atoms with Gasteiger partial charge in [0.1, 0.15) is 5.82 Å². The molecule has 0 amide bonds. The van der Waals surface area contributed by atoms with Crippen LogP contribution >= 0.6 is 11.8 Å². The number of thioether (sulfide) groups is 1. The van der Waals surface area contributed by atoms with Crippen LogP contribution in [-0.2, 0) is 15.2 Å². The molecule has 4 rings (SSSR count). The van der Waals surface area contributed by atoms with Crippen LogP contribution in [-0.4, -0.2) is 59.6 Å². The van der Waals surface area contributed by atoms with Crippen molar-refractivity contribution >= 4 is 29.6 Å². The lowest BCUT2D eigenvalue weighted by molar-refractivity contribution is 0.0870. The monoisotopic (exact) mass is 393 g/mol. The number of hydrogen-bond donors (Lipinski definition) is 1. The van der Waals surface area contributed by atoms with E-state index in [-0.39, 0.29) is 11.6 Å². The Bertz CT molecular complexity index is 873. The molecule has 3 heterocycles. The van der Waals surface area contributed by atoms with E-state index in [0.717, 1.165) is 38.9 Å². The predicted molar refractivity (Wildman–Crippen MR) is 104 cm³/mol. The Balaban J connectivity index is 1.56. The summed E-state index contributed by atoms with van der Waals surface area (Å²) < 4.78 is 25.2. The van der Waals surface area contributed by atoms with Gasteiger partial charge in [0, 0.05) is 31.7 Å². The van der Waals surface area contributed by atoms with Crippen LogP contribution in [0, 0.1) is 0 Å². The van der Waals surface area contributed by atoms with Crippen molar-refractivity contribution < 1.29 is 13.9 Å². The highest BCUT2D eigenvalue weighted by atomic mass is 32.2. The Morgan fingerprint density at radius 1 is 1.19 bits per heavy atom. The molecular weight excluding hydrogens is 369 g/mol. The van der Waals surface area contributed by atoms with Crippen molar-refractivity contribution in [3.05, 3.63) is 26.7 Å². The molecule has 146 valence electrons. The van der Waals surface area contributed by atoms with Crippen molar-refractivity contribution in [3.8, 4) is 0 Å². The second-order valence-corrected chi connectivity index (χ2v) is 8.33. The molecule has 1 aromatic heterocycles. The molecule has 0 bridgehead atoms. The maximum atomic E-state index is 14.5. The van der Waals surface area contributed by atoms with E-state index >= 15 is 0 Å².